The van der Waals surface area contributed by atoms with Crippen LogP contribution in [0.1, 0.15) is 32.1 Å². The number of allylic oxidation sites excluding steroid dienone is 2. The molecule has 3 rings (SSSR count). The molecule has 1 aromatic carbocycles. The number of hydrogen-bond acceptors (Lipinski definition) is 3. The largest absolute Gasteiger partial charge is 0.385 e. The van der Waals surface area contributed by atoms with E-state index < -0.39 is 0 Å². The summed E-state index contributed by atoms with van der Waals surface area (Å²) in [6.07, 6.45) is 11.0. The first kappa shape index (κ1) is 17.7. The Morgan fingerprint density at radius 1 is 1.24 bits per heavy atom. The summed E-state index contributed by atoms with van der Waals surface area (Å²) in [4.78, 5) is 11.6. The topological polar surface area (TPSA) is 64.3 Å². The number of hydrogen-bond donors (Lipinski definition) is 2. The van der Waals surface area contributed by atoms with Gasteiger partial charge in [-0.1, -0.05) is 36.4 Å². The highest BCUT2D eigenvalue weighted by Crippen LogP contribution is 2.42. The number of nitrogens with two attached hydrogens (primary N) is 1. The fraction of sp³-hybridized carbons (Fsp3) is 0.476. The number of para-hydroxylation sites is 1. The molecule has 2 aliphatic rings. The van der Waals surface area contributed by atoms with Crippen molar-refractivity contribution in [3.8, 4) is 0 Å². The molecule has 134 valence electrons. The summed E-state index contributed by atoms with van der Waals surface area (Å²) in [5.41, 5.74) is 6.96. The average Bonchev–Trinajstić information content (AvgIpc) is 2.67. The number of methoxy groups -OCH3 is 1. The van der Waals surface area contributed by atoms with E-state index in [4.69, 9.17) is 10.5 Å². The van der Waals surface area contributed by atoms with E-state index in [1.54, 1.807) is 7.11 Å². The number of ether oxygens (including phenoxy) is 1. The molecule has 0 aromatic heterocycles. The maximum atomic E-state index is 11.6. The highest BCUT2D eigenvalue weighted by molar-refractivity contribution is 5.92. The lowest BCUT2D eigenvalue weighted by Gasteiger charge is -2.42. The first-order chi connectivity index (χ1) is 12.1. The van der Waals surface area contributed by atoms with E-state index in [-0.39, 0.29) is 11.5 Å². The summed E-state index contributed by atoms with van der Waals surface area (Å²) in [5, 5.41) is 3.54. The second kappa shape index (κ2) is 7.87. The van der Waals surface area contributed by atoms with Crippen molar-refractivity contribution >= 4 is 11.6 Å². The lowest BCUT2D eigenvalue weighted by Crippen LogP contribution is -2.43. The summed E-state index contributed by atoms with van der Waals surface area (Å²) in [7, 11) is 1.75. The number of amides is 1. The van der Waals surface area contributed by atoms with Crippen molar-refractivity contribution in [2.45, 2.75) is 37.7 Å². The predicted octanol–water partition coefficient (Wildman–Crippen LogP) is 3.66. The second-order valence-corrected chi connectivity index (χ2v) is 7.22. The average molecular weight is 340 g/mol. The van der Waals surface area contributed by atoms with Gasteiger partial charge in [0.05, 0.1) is 5.60 Å². The van der Waals surface area contributed by atoms with Crippen LogP contribution in [0.4, 0.5) is 5.69 Å². The summed E-state index contributed by atoms with van der Waals surface area (Å²) >= 11 is 0. The smallest absolute Gasteiger partial charge is 0.244 e. The normalized spacial score (nSPS) is 29.1. The van der Waals surface area contributed by atoms with Crippen molar-refractivity contribution in [2.75, 3.05) is 19.0 Å². The van der Waals surface area contributed by atoms with Crippen LogP contribution in [0.3, 0.4) is 0 Å². The molecule has 2 aliphatic carbocycles. The third kappa shape index (κ3) is 4.13. The van der Waals surface area contributed by atoms with Gasteiger partial charge in [0, 0.05) is 31.3 Å². The number of anilines is 1. The fourth-order valence-corrected chi connectivity index (χ4v) is 4.17. The minimum atomic E-state index is -0.378. The predicted molar refractivity (Wildman–Crippen MR) is 101 cm³/mol. The van der Waals surface area contributed by atoms with Gasteiger partial charge in [0.15, 0.2) is 0 Å². The maximum absolute atomic E-state index is 11.6. The number of rotatable bonds is 6. The lowest BCUT2D eigenvalue weighted by molar-refractivity contribution is -0.115. The molecule has 0 saturated heterocycles. The van der Waals surface area contributed by atoms with Gasteiger partial charge in [-0.3, -0.25) is 4.79 Å². The first-order valence-corrected chi connectivity index (χ1v) is 9.15. The Hall–Kier alpha value is -2.07. The van der Waals surface area contributed by atoms with Crippen LogP contribution in [0.5, 0.6) is 0 Å². The van der Waals surface area contributed by atoms with E-state index in [9.17, 15) is 4.79 Å². The van der Waals surface area contributed by atoms with Gasteiger partial charge in [-0.25, -0.2) is 0 Å². The minimum absolute atomic E-state index is 0.341. The Morgan fingerprint density at radius 3 is 2.60 bits per heavy atom. The van der Waals surface area contributed by atoms with Crippen LogP contribution in [0, 0.1) is 11.8 Å². The third-order valence-corrected chi connectivity index (χ3v) is 5.75. The van der Waals surface area contributed by atoms with Gasteiger partial charge in [-0.15, -0.1) is 0 Å². The monoisotopic (exact) mass is 340 g/mol. The van der Waals surface area contributed by atoms with Gasteiger partial charge in [-0.2, -0.15) is 0 Å². The highest BCUT2D eigenvalue weighted by Gasteiger charge is 2.41. The van der Waals surface area contributed by atoms with Gasteiger partial charge in [0.1, 0.15) is 0 Å². The van der Waals surface area contributed by atoms with Gasteiger partial charge >= 0.3 is 0 Å². The second-order valence-electron chi connectivity index (χ2n) is 7.22. The van der Waals surface area contributed by atoms with Crippen LogP contribution in [0.25, 0.3) is 0 Å². The molecule has 1 amide bonds. The molecule has 0 spiro atoms. The molecule has 25 heavy (non-hydrogen) atoms. The van der Waals surface area contributed by atoms with Gasteiger partial charge in [0.25, 0.3) is 0 Å². The minimum Gasteiger partial charge on any atom is -0.385 e. The maximum Gasteiger partial charge on any atom is 0.244 e. The van der Waals surface area contributed by atoms with Crippen LogP contribution in [-0.4, -0.2) is 25.2 Å². The number of primary amides is 1. The number of carbonyl (C=O) groups is 1. The molecular formula is C21H28N2O2. The quantitative estimate of drug-likeness (QED) is 0.830. The van der Waals surface area contributed by atoms with Crippen LogP contribution in [0.15, 0.2) is 54.1 Å². The molecular weight excluding hydrogens is 312 g/mol. The lowest BCUT2D eigenvalue weighted by atomic mass is 9.69. The van der Waals surface area contributed by atoms with Crippen molar-refractivity contribution < 1.29 is 9.53 Å². The van der Waals surface area contributed by atoms with Gasteiger partial charge < -0.3 is 15.8 Å². The highest BCUT2D eigenvalue weighted by atomic mass is 16.5. The fourth-order valence-electron chi connectivity index (χ4n) is 4.17. The molecule has 0 heterocycles. The van der Waals surface area contributed by atoms with E-state index in [0.29, 0.717) is 23.8 Å². The molecule has 0 aliphatic heterocycles. The molecule has 4 heteroatoms. The first-order valence-electron chi connectivity index (χ1n) is 9.15. The van der Waals surface area contributed by atoms with E-state index >= 15 is 0 Å². The van der Waals surface area contributed by atoms with Crippen LogP contribution >= 0.6 is 0 Å². The molecule has 0 bridgehead atoms. The van der Waals surface area contributed by atoms with E-state index in [0.717, 1.165) is 19.4 Å². The van der Waals surface area contributed by atoms with E-state index in [2.05, 4.69) is 35.7 Å². The summed E-state index contributed by atoms with van der Waals surface area (Å²) in [6, 6.07) is 10.4. The Balaban J connectivity index is 1.55. The summed E-state index contributed by atoms with van der Waals surface area (Å²) < 4.78 is 5.91. The molecule has 1 atom stereocenters. The number of benzene rings is 1. The molecule has 3 N–H and O–H groups in total. The summed E-state index contributed by atoms with van der Waals surface area (Å²) in [6.45, 7) is 1.01. The zero-order chi connectivity index (χ0) is 17.7. The standard InChI is InChI=1S/C21H28N2O2/c1-25-21(13-5-6-17(14-21)20(22)24)18-11-9-16(10-12-18)15-23-19-7-3-2-4-8-19/h2-8,13,16,18,23H,9-12,14-15H2,1H3,(H2,22,24). The zero-order valence-corrected chi connectivity index (χ0v) is 14.9. The van der Waals surface area contributed by atoms with Crippen molar-refractivity contribution in [1.29, 1.82) is 0 Å². The Morgan fingerprint density at radius 2 is 1.96 bits per heavy atom. The SMILES string of the molecule is COC1(C2CCC(CNc3ccccc3)CC2)C=CC=C(C(N)=O)C1. The Bertz CT molecular complexity index is 645. The van der Waals surface area contributed by atoms with Crippen molar-refractivity contribution in [1.82, 2.24) is 0 Å². The molecule has 1 fully saturated rings. The van der Waals surface area contributed by atoms with E-state index in [1.165, 1.54) is 18.5 Å². The molecule has 1 saturated carbocycles. The van der Waals surface area contributed by atoms with Crippen LogP contribution in [0.2, 0.25) is 0 Å². The number of nitrogens with one attached hydrogen (secondary N) is 1. The Labute approximate surface area is 150 Å². The Kier molecular flexibility index (Phi) is 5.59. The van der Waals surface area contributed by atoms with Crippen LogP contribution in [-0.2, 0) is 9.53 Å². The number of carbonyl (C=O) groups excluding carboxylic acids is 1. The van der Waals surface area contributed by atoms with Gasteiger partial charge in [0.2, 0.25) is 5.91 Å². The van der Waals surface area contributed by atoms with Crippen molar-refractivity contribution in [2.24, 2.45) is 17.6 Å². The van der Waals surface area contributed by atoms with Gasteiger partial charge in [-0.05, 0) is 49.7 Å². The van der Waals surface area contributed by atoms with Crippen LogP contribution < -0.4 is 11.1 Å². The molecule has 1 aromatic rings. The molecule has 4 nitrogen and oxygen atoms in total. The van der Waals surface area contributed by atoms with Crippen molar-refractivity contribution in [3.63, 3.8) is 0 Å². The molecule has 0 radical (unpaired) electrons. The molecule has 1 unspecified atom stereocenters. The van der Waals surface area contributed by atoms with E-state index in [1.807, 2.05) is 18.2 Å². The van der Waals surface area contributed by atoms with Crippen molar-refractivity contribution in [3.05, 3.63) is 54.1 Å². The summed E-state index contributed by atoms with van der Waals surface area (Å²) in [5.74, 6) is 0.778. The zero-order valence-electron chi connectivity index (χ0n) is 14.9. The third-order valence-electron chi connectivity index (χ3n) is 5.75.